The quantitative estimate of drug-likeness (QED) is 0.544. The first-order valence-electron chi connectivity index (χ1n) is 10.6. The van der Waals surface area contributed by atoms with Crippen LogP contribution in [0.15, 0.2) is 60.2 Å². The van der Waals surface area contributed by atoms with Crippen LogP contribution in [0.2, 0.25) is 0 Å². The Morgan fingerprint density at radius 3 is 2.55 bits per heavy atom. The van der Waals surface area contributed by atoms with Crippen LogP contribution in [0.4, 0.5) is 0 Å². The second-order valence-electron chi connectivity index (χ2n) is 8.31. The molecule has 5 heteroatoms. The largest absolute Gasteiger partial charge is 0.508 e. The molecule has 0 saturated carbocycles. The smallest absolute Gasteiger partial charge is 0.255 e. The third kappa shape index (κ3) is 5.29. The molecule has 2 unspecified atom stereocenters. The van der Waals surface area contributed by atoms with E-state index >= 15 is 0 Å². The molecule has 164 valence electrons. The second-order valence-corrected chi connectivity index (χ2v) is 8.31. The number of carbonyl (C=O) groups is 1. The SMILES string of the molecule is C=C(C)C1CCC(C)=CC1c1cc(C(=O)NCCc2ccc(OC)cc2)c(O)cc1O. The van der Waals surface area contributed by atoms with Crippen LogP contribution in [-0.4, -0.2) is 29.8 Å². The monoisotopic (exact) mass is 421 g/mol. The molecule has 3 rings (SSSR count). The van der Waals surface area contributed by atoms with Crippen LogP contribution >= 0.6 is 0 Å². The molecule has 2 aromatic carbocycles. The topological polar surface area (TPSA) is 78.8 Å². The Balaban J connectivity index is 1.77. The maximum Gasteiger partial charge on any atom is 0.255 e. The van der Waals surface area contributed by atoms with Crippen molar-refractivity contribution in [3.05, 3.63) is 76.9 Å². The summed E-state index contributed by atoms with van der Waals surface area (Å²) in [5.41, 5.74) is 4.18. The summed E-state index contributed by atoms with van der Waals surface area (Å²) in [6, 6.07) is 10.6. The van der Waals surface area contributed by atoms with Gasteiger partial charge in [0, 0.05) is 24.1 Å². The third-order valence-electron chi connectivity index (χ3n) is 5.99. The predicted molar refractivity (Wildman–Crippen MR) is 123 cm³/mol. The number of hydrogen-bond donors (Lipinski definition) is 3. The number of allylic oxidation sites excluding steroid dienone is 3. The first-order chi connectivity index (χ1) is 14.8. The number of phenolic OH excluding ortho intramolecular Hbond substituents is 2. The van der Waals surface area contributed by atoms with Crippen LogP contribution < -0.4 is 10.1 Å². The minimum absolute atomic E-state index is 0.00511. The number of benzene rings is 2. The zero-order chi connectivity index (χ0) is 22.5. The molecule has 0 aromatic heterocycles. The van der Waals surface area contributed by atoms with Gasteiger partial charge in [-0.05, 0) is 62.8 Å². The van der Waals surface area contributed by atoms with Gasteiger partial charge in [-0.25, -0.2) is 0 Å². The Morgan fingerprint density at radius 1 is 1.19 bits per heavy atom. The molecular weight excluding hydrogens is 390 g/mol. The third-order valence-corrected chi connectivity index (χ3v) is 5.99. The Kier molecular flexibility index (Phi) is 7.06. The molecule has 3 N–H and O–H groups in total. The highest BCUT2D eigenvalue weighted by Crippen LogP contribution is 2.44. The van der Waals surface area contributed by atoms with Crippen LogP contribution in [0, 0.1) is 5.92 Å². The molecule has 0 radical (unpaired) electrons. The van der Waals surface area contributed by atoms with E-state index in [1.807, 2.05) is 31.2 Å². The van der Waals surface area contributed by atoms with Gasteiger partial charge >= 0.3 is 0 Å². The van der Waals surface area contributed by atoms with E-state index in [1.165, 1.54) is 11.6 Å². The Bertz CT molecular complexity index is 991. The summed E-state index contributed by atoms with van der Waals surface area (Å²) in [6.45, 7) is 8.62. The van der Waals surface area contributed by atoms with Gasteiger partial charge in [0.15, 0.2) is 0 Å². The fourth-order valence-corrected chi connectivity index (χ4v) is 4.18. The molecule has 1 amide bonds. The summed E-state index contributed by atoms with van der Waals surface area (Å²) < 4.78 is 5.16. The lowest BCUT2D eigenvalue weighted by molar-refractivity contribution is 0.0951. The zero-order valence-electron chi connectivity index (χ0n) is 18.4. The van der Waals surface area contributed by atoms with Crippen molar-refractivity contribution in [2.24, 2.45) is 5.92 Å². The highest BCUT2D eigenvalue weighted by molar-refractivity contribution is 5.97. The van der Waals surface area contributed by atoms with E-state index in [4.69, 9.17) is 4.74 Å². The standard InChI is InChI=1S/C26H31NO4/c1-16(2)20-10-5-17(3)13-21(20)22-14-23(25(29)15-24(22)28)26(30)27-12-11-18-6-8-19(31-4)9-7-18/h6-9,13-15,20-21,28-29H,1,5,10-12H2,2-4H3,(H,27,30). The van der Waals surface area contributed by atoms with Crippen molar-refractivity contribution in [3.63, 3.8) is 0 Å². The highest BCUT2D eigenvalue weighted by atomic mass is 16.5. The molecule has 0 aliphatic heterocycles. The minimum atomic E-state index is -0.365. The number of aromatic hydroxyl groups is 2. The number of hydrogen-bond acceptors (Lipinski definition) is 4. The van der Waals surface area contributed by atoms with Crippen molar-refractivity contribution >= 4 is 5.91 Å². The molecular formula is C26H31NO4. The number of carbonyl (C=O) groups excluding carboxylic acids is 1. The molecule has 0 heterocycles. The van der Waals surface area contributed by atoms with Crippen LogP contribution in [0.1, 0.15) is 54.1 Å². The summed E-state index contributed by atoms with van der Waals surface area (Å²) in [6.07, 6.45) is 4.74. The number of rotatable bonds is 7. The van der Waals surface area contributed by atoms with Crippen molar-refractivity contribution in [3.8, 4) is 17.2 Å². The first kappa shape index (κ1) is 22.5. The van der Waals surface area contributed by atoms with Gasteiger partial charge in [0.25, 0.3) is 5.91 Å². The second kappa shape index (κ2) is 9.73. The Morgan fingerprint density at radius 2 is 1.90 bits per heavy atom. The Labute approximate surface area is 184 Å². The molecule has 5 nitrogen and oxygen atoms in total. The van der Waals surface area contributed by atoms with Crippen LogP contribution in [0.5, 0.6) is 17.2 Å². The van der Waals surface area contributed by atoms with E-state index in [0.29, 0.717) is 18.5 Å². The van der Waals surface area contributed by atoms with E-state index < -0.39 is 0 Å². The first-order valence-corrected chi connectivity index (χ1v) is 10.6. The molecule has 2 aromatic rings. The molecule has 1 aliphatic carbocycles. The summed E-state index contributed by atoms with van der Waals surface area (Å²) in [4.78, 5) is 12.8. The molecule has 2 atom stereocenters. The van der Waals surface area contributed by atoms with Crippen LogP contribution in [0.25, 0.3) is 0 Å². The summed E-state index contributed by atoms with van der Waals surface area (Å²) in [5.74, 6) is 0.300. The maximum absolute atomic E-state index is 12.8. The summed E-state index contributed by atoms with van der Waals surface area (Å²) >= 11 is 0. The molecule has 31 heavy (non-hydrogen) atoms. The van der Waals surface area contributed by atoms with E-state index in [-0.39, 0.29) is 34.8 Å². The molecule has 0 saturated heterocycles. The normalized spacial score (nSPS) is 18.2. The van der Waals surface area contributed by atoms with Gasteiger partial charge in [-0.2, -0.15) is 0 Å². The highest BCUT2D eigenvalue weighted by Gasteiger charge is 2.29. The lowest BCUT2D eigenvalue weighted by Gasteiger charge is -2.31. The molecule has 0 bridgehead atoms. The average molecular weight is 422 g/mol. The predicted octanol–water partition coefficient (Wildman–Crippen LogP) is 5.09. The zero-order valence-corrected chi connectivity index (χ0v) is 18.4. The lowest BCUT2D eigenvalue weighted by Crippen LogP contribution is -2.26. The number of methoxy groups -OCH3 is 1. The van der Waals surface area contributed by atoms with E-state index in [1.54, 1.807) is 13.2 Å². The molecule has 0 spiro atoms. The number of ether oxygens (including phenoxy) is 1. The van der Waals surface area contributed by atoms with Crippen LogP contribution in [0.3, 0.4) is 0 Å². The number of nitrogens with one attached hydrogen (secondary N) is 1. The van der Waals surface area contributed by atoms with Crippen molar-refractivity contribution in [2.45, 2.75) is 39.0 Å². The van der Waals surface area contributed by atoms with Gasteiger partial charge in [-0.15, -0.1) is 0 Å². The van der Waals surface area contributed by atoms with Crippen LogP contribution in [-0.2, 0) is 6.42 Å². The van der Waals surface area contributed by atoms with Gasteiger partial charge in [-0.1, -0.05) is 35.9 Å². The van der Waals surface area contributed by atoms with E-state index in [2.05, 4.69) is 24.9 Å². The van der Waals surface area contributed by atoms with Crippen molar-refractivity contribution in [1.29, 1.82) is 0 Å². The Hall–Kier alpha value is -3.21. The van der Waals surface area contributed by atoms with Gasteiger partial charge in [0.2, 0.25) is 0 Å². The maximum atomic E-state index is 12.8. The number of amides is 1. The van der Waals surface area contributed by atoms with Gasteiger partial charge in [0.05, 0.1) is 12.7 Å². The fraction of sp³-hybridized carbons (Fsp3) is 0.346. The van der Waals surface area contributed by atoms with Crippen molar-refractivity contribution < 1.29 is 19.7 Å². The number of phenols is 2. The summed E-state index contributed by atoms with van der Waals surface area (Å²) in [5, 5.41) is 23.7. The fourth-order valence-electron chi connectivity index (χ4n) is 4.18. The average Bonchev–Trinajstić information content (AvgIpc) is 2.74. The van der Waals surface area contributed by atoms with Gasteiger partial charge < -0.3 is 20.3 Å². The van der Waals surface area contributed by atoms with E-state index in [0.717, 1.165) is 29.7 Å². The van der Waals surface area contributed by atoms with E-state index in [9.17, 15) is 15.0 Å². The lowest BCUT2D eigenvalue weighted by atomic mass is 9.74. The van der Waals surface area contributed by atoms with Gasteiger partial charge in [0.1, 0.15) is 17.2 Å². The van der Waals surface area contributed by atoms with Crippen molar-refractivity contribution in [1.82, 2.24) is 5.32 Å². The summed E-state index contributed by atoms with van der Waals surface area (Å²) in [7, 11) is 1.62. The minimum Gasteiger partial charge on any atom is -0.508 e. The van der Waals surface area contributed by atoms with Gasteiger partial charge in [-0.3, -0.25) is 4.79 Å². The molecule has 0 fully saturated rings. The van der Waals surface area contributed by atoms with Crippen molar-refractivity contribution in [2.75, 3.05) is 13.7 Å². The molecule has 1 aliphatic rings.